The number of piperidine rings is 1. The number of fused-ring (bicyclic) bond motifs is 1. The van der Waals surface area contributed by atoms with Gasteiger partial charge in [0.25, 0.3) is 0 Å². The maximum Gasteiger partial charge on any atom is 0.112 e. The predicted molar refractivity (Wildman–Crippen MR) is 91.4 cm³/mol. The van der Waals surface area contributed by atoms with Gasteiger partial charge in [-0.2, -0.15) is 0 Å². The molecule has 0 bridgehead atoms. The monoisotopic (exact) mass is 297 g/mol. The van der Waals surface area contributed by atoms with E-state index >= 15 is 0 Å². The van der Waals surface area contributed by atoms with Gasteiger partial charge in [0.2, 0.25) is 0 Å². The minimum atomic E-state index is 0.699. The molecule has 1 saturated carbocycles. The third-order valence-corrected chi connectivity index (χ3v) is 5.70. The number of hydrogen-bond acceptors (Lipinski definition) is 2. The van der Waals surface area contributed by atoms with E-state index in [9.17, 15) is 0 Å². The molecule has 0 amide bonds. The van der Waals surface area contributed by atoms with Crippen LogP contribution in [0.15, 0.2) is 12.1 Å². The maximum absolute atomic E-state index is 5.04. The molecule has 3 heteroatoms. The Morgan fingerprint density at radius 3 is 2.64 bits per heavy atom. The summed E-state index contributed by atoms with van der Waals surface area (Å²) in [5, 5.41) is 3.56. The summed E-state index contributed by atoms with van der Waals surface area (Å²) in [5.74, 6) is 2.81. The Morgan fingerprint density at radius 2 is 1.95 bits per heavy atom. The second kappa shape index (κ2) is 5.69. The average Bonchev–Trinajstić information content (AvgIpc) is 2.77. The van der Waals surface area contributed by atoms with Crippen molar-refractivity contribution in [3.05, 3.63) is 29.1 Å². The Morgan fingerprint density at radius 1 is 1.14 bits per heavy atom. The summed E-state index contributed by atoms with van der Waals surface area (Å²) in [6.45, 7) is 7.90. The number of nitrogens with zero attached hydrogens (tertiary/aromatic N) is 2. The van der Waals surface area contributed by atoms with Gasteiger partial charge in [0.15, 0.2) is 0 Å². The summed E-state index contributed by atoms with van der Waals surface area (Å²) in [5.41, 5.74) is 5.30. The van der Waals surface area contributed by atoms with Crippen molar-refractivity contribution in [2.45, 2.75) is 58.4 Å². The molecule has 1 aliphatic carbocycles. The lowest BCUT2D eigenvalue weighted by atomic mass is 9.84. The molecule has 1 atom stereocenters. The van der Waals surface area contributed by atoms with E-state index in [1.165, 1.54) is 66.6 Å². The molecule has 0 radical (unpaired) electrons. The van der Waals surface area contributed by atoms with Crippen molar-refractivity contribution in [2.24, 2.45) is 5.92 Å². The normalized spacial score (nSPS) is 22.9. The minimum Gasteiger partial charge on any atom is -0.327 e. The van der Waals surface area contributed by atoms with Crippen LogP contribution in [-0.2, 0) is 6.54 Å². The van der Waals surface area contributed by atoms with Gasteiger partial charge in [-0.1, -0.05) is 6.42 Å². The van der Waals surface area contributed by atoms with E-state index in [0.717, 1.165) is 19.0 Å². The first-order chi connectivity index (χ1) is 10.7. The van der Waals surface area contributed by atoms with Gasteiger partial charge in [-0.05, 0) is 81.8 Å². The summed E-state index contributed by atoms with van der Waals surface area (Å²) in [6, 6.07) is 4.64. The molecule has 0 spiro atoms. The van der Waals surface area contributed by atoms with Crippen LogP contribution in [0.3, 0.4) is 0 Å². The lowest BCUT2D eigenvalue weighted by molar-refractivity contribution is 0.322. The Labute approximate surface area is 133 Å². The molecular weight excluding hydrogens is 270 g/mol. The molecule has 2 aliphatic rings. The fourth-order valence-corrected chi connectivity index (χ4v) is 3.91. The quantitative estimate of drug-likeness (QED) is 0.930. The first kappa shape index (κ1) is 14.3. The van der Waals surface area contributed by atoms with Crippen molar-refractivity contribution in [3.8, 4) is 0 Å². The van der Waals surface area contributed by atoms with Crippen molar-refractivity contribution >= 4 is 11.0 Å². The van der Waals surface area contributed by atoms with Crippen LogP contribution in [0.1, 0.15) is 55.0 Å². The zero-order chi connectivity index (χ0) is 15.1. The van der Waals surface area contributed by atoms with Gasteiger partial charge in [-0.3, -0.25) is 0 Å². The number of aryl methyl sites for hydroxylation is 2. The summed E-state index contributed by atoms with van der Waals surface area (Å²) in [6.07, 6.45) is 6.68. The van der Waals surface area contributed by atoms with Gasteiger partial charge in [-0.25, -0.2) is 4.98 Å². The van der Waals surface area contributed by atoms with Crippen LogP contribution in [0.4, 0.5) is 0 Å². The van der Waals surface area contributed by atoms with E-state index in [2.05, 4.69) is 35.9 Å². The highest BCUT2D eigenvalue weighted by Gasteiger charge is 2.27. The highest BCUT2D eigenvalue weighted by Crippen LogP contribution is 2.38. The average molecular weight is 297 g/mol. The van der Waals surface area contributed by atoms with E-state index < -0.39 is 0 Å². The Kier molecular flexibility index (Phi) is 3.69. The molecule has 4 rings (SSSR count). The molecule has 1 aliphatic heterocycles. The molecule has 1 aromatic heterocycles. The third kappa shape index (κ3) is 2.45. The number of rotatable bonds is 3. The second-order valence-electron chi connectivity index (χ2n) is 7.35. The number of imidazole rings is 1. The van der Waals surface area contributed by atoms with Crippen LogP contribution in [0.25, 0.3) is 11.0 Å². The highest BCUT2D eigenvalue weighted by atomic mass is 15.1. The molecule has 3 nitrogen and oxygen atoms in total. The van der Waals surface area contributed by atoms with Crippen LogP contribution in [0.2, 0.25) is 0 Å². The molecular formula is C19H27N3. The molecule has 22 heavy (non-hydrogen) atoms. The van der Waals surface area contributed by atoms with Gasteiger partial charge in [0.1, 0.15) is 5.82 Å². The van der Waals surface area contributed by atoms with Gasteiger partial charge < -0.3 is 9.88 Å². The Balaban J connectivity index is 1.76. The van der Waals surface area contributed by atoms with Crippen LogP contribution in [0.5, 0.6) is 0 Å². The Bertz CT molecular complexity index is 676. The van der Waals surface area contributed by atoms with Gasteiger partial charge in [-0.15, -0.1) is 0 Å². The van der Waals surface area contributed by atoms with Crippen molar-refractivity contribution in [3.63, 3.8) is 0 Å². The molecule has 2 fully saturated rings. The summed E-state index contributed by atoms with van der Waals surface area (Å²) >= 11 is 0. The van der Waals surface area contributed by atoms with E-state index in [4.69, 9.17) is 4.98 Å². The molecule has 2 aromatic rings. The van der Waals surface area contributed by atoms with Crippen molar-refractivity contribution in [2.75, 3.05) is 13.1 Å². The van der Waals surface area contributed by atoms with Crippen molar-refractivity contribution in [1.82, 2.24) is 14.9 Å². The smallest absolute Gasteiger partial charge is 0.112 e. The van der Waals surface area contributed by atoms with Crippen molar-refractivity contribution in [1.29, 1.82) is 0 Å². The topological polar surface area (TPSA) is 29.9 Å². The lowest BCUT2D eigenvalue weighted by Gasteiger charge is -2.28. The standard InChI is InChI=1S/C19H27N3/c1-13-9-17-18(10-14(13)2)22(12-15-5-4-8-20-11-15)19(21-17)16-6-3-7-16/h9-10,15-16,20H,3-8,11-12H2,1-2H3. The minimum absolute atomic E-state index is 0.699. The first-order valence-electron chi connectivity index (χ1n) is 8.90. The number of aromatic nitrogens is 2. The SMILES string of the molecule is Cc1cc2nc(C3CCC3)n(CC3CCCNC3)c2cc1C. The fraction of sp³-hybridized carbons (Fsp3) is 0.632. The molecule has 118 valence electrons. The van der Waals surface area contributed by atoms with Gasteiger partial charge in [0.05, 0.1) is 11.0 Å². The van der Waals surface area contributed by atoms with Crippen molar-refractivity contribution < 1.29 is 0 Å². The van der Waals surface area contributed by atoms with Gasteiger partial charge in [0, 0.05) is 12.5 Å². The first-order valence-corrected chi connectivity index (χ1v) is 8.90. The Hall–Kier alpha value is -1.35. The largest absolute Gasteiger partial charge is 0.327 e. The van der Waals surface area contributed by atoms with Crippen LogP contribution in [-0.4, -0.2) is 22.6 Å². The molecule has 1 saturated heterocycles. The third-order valence-electron chi connectivity index (χ3n) is 5.70. The van der Waals surface area contributed by atoms with E-state index in [1.807, 2.05) is 0 Å². The zero-order valence-electron chi connectivity index (χ0n) is 13.9. The molecule has 1 unspecified atom stereocenters. The lowest BCUT2D eigenvalue weighted by Crippen LogP contribution is -2.32. The summed E-state index contributed by atoms with van der Waals surface area (Å²) < 4.78 is 2.56. The highest BCUT2D eigenvalue weighted by molar-refractivity contribution is 5.78. The predicted octanol–water partition coefficient (Wildman–Crippen LogP) is 3.92. The zero-order valence-corrected chi connectivity index (χ0v) is 13.9. The van der Waals surface area contributed by atoms with E-state index in [0.29, 0.717) is 5.92 Å². The second-order valence-corrected chi connectivity index (χ2v) is 7.35. The number of hydrogen-bond donors (Lipinski definition) is 1. The maximum atomic E-state index is 5.04. The van der Waals surface area contributed by atoms with Gasteiger partial charge >= 0.3 is 0 Å². The molecule has 1 aromatic carbocycles. The molecule has 1 N–H and O–H groups in total. The van der Waals surface area contributed by atoms with E-state index in [1.54, 1.807) is 0 Å². The van der Waals surface area contributed by atoms with Crippen LogP contribution < -0.4 is 5.32 Å². The van der Waals surface area contributed by atoms with Crippen LogP contribution >= 0.6 is 0 Å². The van der Waals surface area contributed by atoms with Crippen LogP contribution in [0, 0.1) is 19.8 Å². The fourth-order valence-electron chi connectivity index (χ4n) is 3.91. The summed E-state index contributed by atoms with van der Waals surface area (Å²) in [7, 11) is 0. The summed E-state index contributed by atoms with van der Waals surface area (Å²) in [4.78, 5) is 5.04. The molecule has 2 heterocycles. The van der Waals surface area contributed by atoms with E-state index in [-0.39, 0.29) is 0 Å². The number of nitrogens with one attached hydrogen (secondary N) is 1. The number of benzene rings is 1.